The van der Waals surface area contributed by atoms with Crippen LogP contribution in [0.3, 0.4) is 0 Å². The van der Waals surface area contributed by atoms with Crippen molar-refractivity contribution in [1.82, 2.24) is 4.90 Å². The van der Waals surface area contributed by atoms with Gasteiger partial charge in [-0.25, -0.2) is 4.79 Å². The Balaban J connectivity index is 1.80. The molecule has 1 aliphatic carbocycles. The van der Waals surface area contributed by atoms with E-state index in [1.807, 2.05) is 6.07 Å². The second-order valence-electron chi connectivity index (χ2n) is 6.06. The highest BCUT2D eigenvalue weighted by Crippen LogP contribution is 2.32. The third-order valence-corrected chi connectivity index (χ3v) is 4.91. The zero-order valence-corrected chi connectivity index (χ0v) is 15.8. The van der Waals surface area contributed by atoms with Crippen LogP contribution in [0.5, 0.6) is 5.75 Å². The van der Waals surface area contributed by atoms with E-state index in [-0.39, 0.29) is 19.1 Å². The minimum Gasteiger partial charge on any atom is -0.482 e. The Kier molecular flexibility index (Phi) is 6.82. The van der Waals surface area contributed by atoms with Crippen molar-refractivity contribution in [2.75, 3.05) is 20.3 Å². The maximum absolute atomic E-state index is 12.3. The molecule has 1 aromatic rings. The lowest BCUT2D eigenvalue weighted by atomic mass is 9.81. The van der Waals surface area contributed by atoms with Gasteiger partial charge in [0, 0.05) is 11.5 Å². The molecule has 1 saturated carbocycles. The van der Waals surface area contributed by atoms with Gasteiger partial charge in [0.15, 0.2) is 13.2 Å². The molecule has 0 aromatic heterocycles. The van der Waals surface area contributed by atoms with E-state index in [1.54, 1.807) is 25.2 Å². The third kappa shape index (κ3) is 5.20. The van der Waals surface area contributed by atoms with Gasteiger partial charge in [0.2, 0.25) is 0 Å². The lowest BCUT2D eigenvalue weighted by Gasteiger charge is -2.38. The van der Waals surface area contributed by atoms with Crippen molar-refractivity contribution in [2.24, 2.45) is 0 Å². The molecular formula is C18H21BrN2O4. The monoisotopic (exact) mass is 408 g/mol. The molecule has 1 amide bonds. The summed E-state index contributed by atoms with van der Waals surface area (Å²) in [6.45, 7) is -0.669. The van der Waals surface area contributed by atoms with Crippen molar-refractivity contribution in [3.63, 3.8) is 0 Å². The fourth-order valence-corrected chi connectivity index (χ4v) is 3.26. The highest BCUT2D eigenvalue weighted by atomic mass is 79.9. The van der Waals surface area contributed by atoms with Gasteiger partial charge in [-0.05, 0) is 31.0 Å². The summed E-state index contributed by atoms with van der Waals surface area (Å²) < 4.78 is 11.1. The van der Waals surface area contributed by atoms with E-state index in [1.165, 1.54) is 4.90 Å². The molecule has 134 valence electrons. The van der Waals surface area contributed by atoms with Crippen LogP contribution in [0.4, 0.5) is 0 Å². The number of carbonyl (C=O) groups excluding carboxylic acids is 2. The Morgan fingerprint density at radius 3 is 2.64 bits per heavy atom. The van der Waals surface area contributed by atoms with Crippen LogP contribution in [0.15, 0.2) is 28.7 Å². The molecule has 0 aliphatic heterocycles. The first-order valence-electron chi connectivity index (χ1n) is 8.19. The summed E-state index contributed by atoms with van der Waals surface area (Å²) >= 11 is 3.31. The van der Waals surface area contributed by atoms with E-state index >= 15 is 0 Å². The number of rotatable bonds is 6. The first-order valence-corrected chi connectivity index (χ1v) is 8.98. The summed E-state index contributed by atoms with van der Waals surface area (Å²) in [5, 5.41) is 9.50. The maximum Gasteiger partial charge on any atom is 0.344 e. The van der Waals surface area contributed by atoms with Gasteiger partial charge in [0.05, 0.1) is 6.07 Å². The average molecular weight is 409 g/mol. The quantitative estimate of drug-likeness (QED) is 0.675. The summed E-state index contributed by atoms with van der Waals surface area (Å²) in [7, 11) is 1.60. The number of nitriles is 1. The topological polar surface area (TPSA) is 79.6 Å². The third-order valence-electron chi connectivity index (χ3n) is 4.41. The minimum absolute atomic E-state index is 0.281. The van der Waals surface area contributed by atoms with Crippen molar-refractivity contribution in [3.8, 4) is 11.8 Å². The highest BCUT2D eigenvalue weighted by molar-refractivity contribution is 9.10. The second-order valence-corrected chi connectivity index (χ2v) is 6.98. The van der Waals surface area contributed by atoms with Crippen molar-refractivity contribution in [3.05, 3.63) is 28.7 Å². The summed E-state index contributed by atoms with van der Waals surface area (Å²) in [6, 6.07) is 9.35. The summed E-state index contributed by atoms with van der Waals surface area (Å²) in [5.74, 6) is -0.476. The van der Waals surface area contributed by atoms with E-state index in [0.717, 1.165) is 23.7 Å². The number of hydrogen-bond acceptors (Lipinski definition) is 5. The lowest BCUT2D eigenvalue weighted by Crippen LogP contribution is -2.51. The zero-order valence-electron chi connectivity index (χ0n) is 14.2. The number of hydrogen-bond donors (Lipinski definition) is 0. The number of esters is 1. The van der Waals surface area contributed by atoms with Crippen LogP contribution in [-0.2, 0) is 14.3 Å². The molecule has 25 heavy (non-hydrogen) atoms. The van der Waals surface area contributed by atoms with Crippen molar-refractivity contribution < 1.29 is 19.1 Å². The van der Waals surface area contributed by atoms with Crippen LogP contribution < -0.4 is 4.74 Å². The van der Waals surface area contributed by atoms with Crippen molar-refractivity contribution in [1.29, 1.82) is 5.26 Å². The molecule has 0 spiro atoms. The Morgan fingerprint density at radius 2 is 2.00 bits per heavy atom. The smallest absolute Gasteiger partial charge is 0.344 e. The predicted octanol–water partition coefficient (Wildman–Crippen LogP) is 3.06. The number of likely N-dealkylation sites (N-methyl/N-ethyl adjacent to an activating group) is 1. The average Bonchev–Trinajstić information content (AvgIpc) is 2.64. The number of amides is 1. The normalized spacial score (nSPS) is 15.7. The van der Waals surface area contributed by atoms with E-state index < -0.39 is 11.5 Å². The molecular weight excluding hydrogens is 388 g/mol. The number of halogens is 1. The maximum atomic E-state index is 12.3. The largest absolute Gasteiger partial charge is 0.482 e. The van der Waals surface area contributed by atoms with E-state index in [0.29, 0.717) is 18.6 Å². The Bertz CT molecular complexity index is 665. The van der Waals surface area contributed by atoms with Gasteiger partial charge in [-0.2, -0.15) is 5.26 Å². The van der Waals surface area contributed by atoms with Crippen LogP contribution in [-0.4, -0.2) is 42.6 Å². The van der Waals surface area contributed by atoms with Gasteiger partial charge in [-0.1, -0.05) is 41.3 Å². The van der Waals surface area contributed by atoms with Crippen LogP contribution in [0.1, 0.15) is 32.1 Å². The summed E-state index contributed by atoms with van der Waals surface area (Å²) in [5.41, 5.74) is -0.783. The Labute approximate surface area is 155 Å². The lowest BCUT2D eigenvalue weighted by molar-refractivity contribution is -0.155. The van der Waals surface area contributed by atoms with Gasteiger partial charge in [0.1, 0.15) is 11.3 Å². The van der Waals surface area contributed by atoms with Crippen LogP contribution >= 0.6 is 15.9 Å². The molecule has 1 aliphatic rings. The van der Waals surface area contributed by atoms with Crippen LogP contribution in [0, 0.1) is 11.3 Å². The van der Waals surface area contributed by atoms with E-state index in [9.17, 15) is 14.9 Å². The Morgan fingerprint density at radius 1 is 1.28 bits per heavy atom. The van der Waals surface area contributed by atoms with Crippen molar-refractivity contribution in [2.45, 2.75) is 37.6 Å². The fraction of sp³-hybridized carbons (Fsp3) is 0.500. The first-order chi connectivity index (χ1) is 12.0. The molecule has 0 heterocycles. The van der Waals surface area contributed by atoms with Gasteiger partial charge in [-0.3, -0.25) is 4.79 Å². The highest BCUT2D eigenvalue weighted by Gasteiger charge is 2.38. The molecule has 0 unspecified atom stereocenters. The van der Waals surface area contributed by atoms with Crippen LogP contribution in [0.25, 0.3) is 0 Å². The molecule has 1 fully saturated rings. The van der Waals surface area contributed by atoms with Gasteiger partial charge < -0.3 is 14.4 Å². The SMILES string of the molecule is CN(C(=O)COC(=O)COc1cccc(Br)c1)C1(C#N)CCCCC1. The molecule has 7 heteroatoms. The van der Waals surface area contributed by atoms with E-state index in [2.05, 4.69) is 22.0 Å². The number of nitrogens with zero attached hydrogens (tertiary/aromatic N) is 2. The van der Waals surface area contributed by atoms with Crippen molar-refractivity contribution >= 4 is 27.8 Å². The molecule has 0 saturated heterocycles. The summed E-state index contributed by atoms with van der Waals surface area (Å²) in [4.78, 5) is 25.5. The van der Waals surface area contributed by atoms with Gasteiger partial charge in [-0.15, -0.1) is 0 Å². The van der Waals surface area contributed by atoms with Gasteiger partial charge >= 0.3 is 5.97 Å². The molecule has 2 rings (SSSR count). The number of ether oxygens (including phenoxy) is 2. The van der Waals surface area contributed by atoms with Gasteiger partial charge in [0.25, 0.3) is 5.91 Å². The standard InChI is InChI=1S/C18H21BrN2O4/c1-21(18(13-20)8-3-2-4-9-18)16(22)11-25-17(23)12-24-15-7-5-6-14(19)10-15/h5-7,10H,2-4,8-9,11-12H2,1H3. The molecule has 1 aromatic carbocycles. The van der Waals surface area contributed by atoms with E-state index in [4.69, 9.17) is 9.47 Å². The summed E-state index contributed by atoms with van der Waals surface area (Å²) in [6.07, 6.45) is 4.24. The molecule has 0 N–H and O–H groups in total. The Hall–Kier alpha value is -2.07. The molecule has 6 nitrogen and oxygen atoms in total. The van der Waals surface area contributed by atoms with Crippen LogP contribution in [0.2, 0.25) is 0 Å². The number of carbonyl (C=O) groups is 2. The molecule has 0 radical (unpaired) electrons. The predicted molar refractivity (Wildman–Crippen MR) is 94.8 cm³/mol. The fourth-order valence-electron chi connectivity index (χ4n) is 2.88. The molecule has 0 atom stereocenters. The molecule has 0 bridgehead atoms. The second kappa shape index (κ2) is 8.86. The number of benzene rings is 1. The minimum atomic E-state index is -0.783. The first kappa shape index (κ1) is 19.3. The zero-order chi connectivity index (χ0) is 18.3.